The molecule has 2 aromatic heterocycles. The number of aliphatic hydroxyl groups is 1. The molecule has 0 spiro atoms. The van der Waals surface area contributed by atoms with Crippen LogP contribution < -0.4 is 0 Å². The summed E-state index contributed by atoms with van der Waals surface area (Å²) in [7, 11) is 0. The summed E-state index contributed by atoms with van der Waals surface area (Å²) in [6.07, 6.45) is 3.23. The summed E-state index contributed by atoms with van der Waals surface area (Å²) in [6.45, 7) is 7.41. The highest BCUT2D eigenvalue weighted by atomic mass is 16.5. The second kappa shape index (κ2) is 8.37. The largest absolute Gasteiger partial charge is 0.507 e. The van der Waals surface area contributed by atoms with E-state index in [0.29, 0.717) is 43.3 Å². The van der Waals surface area contributed by atoms with Gasteiger partial charge >= 0.3 is 0 Å². The van der Waals surface area contributed by atoms with Crippen LogP contribution in [0.5, 0.6) is 0 Å². The van der Waals surface area contributed by atoms with Gasteiger partial charge in [-0.1, -0.05) is 0 Å². The van der Waals surface area contributed by atoms with Crippen molar-refractivity contribution in [1.82, 2.24) is 25.0 Å². The number of carbonyl (C=O) groups excluding carboxylic acids is 2. The van der Waals surface area contributed by atoms with Crippen LogP contribution in [0.1, 0.15) is 28.6 Å². The zero-order valence-corrected chi connectivity index (χ0v) is 17.1. The molecule has 2 N–H and O–H groups in total. The molecule has 0 aliphatic carbocycles. The number of aryl methyl sites for hydroxylation is 2. The molecule has 0 saturated carbocycles. The Bertz CT molecular complexity index is 959. The second-order valence-electron chi connectivity index (χ2n) is 7.54. The molecule has 2 aliphatic rings. The van der Waals surface area contributed by atoms with Crippen molar-refractivity contribution in [2.45, 2.75) is 19.9 Å². The van der Waals surface area contributed by atoms with Crippen LogP contribution in [0.4, 0.5) is 0 Å². The number of ketones is 1. The quantitative estimate of drug-likeness (QED) is 0.432. The maximum Gasteiger partial charge on any atom is 0.295 e. The Morgan fingerprint density at radius 1 is 1.20 bits per heavy atom. The topological polar surface area (TPSA) is 112 Å². The number of H-pyrrole nitrogens is 1. The smallest absolute Gasteiger partial charge is 0.295 e. The Hall–Kier alpha value is -3.04. The van der Waals surface area contributed by atoms with Gasteiger partial charge in [-0.05, 0) is 31.5 Å². The van der Waals surface area contributed by atoms with Crippen LogP contribution >= 0.6 is 0 Å². The number of nitrogens with one attached hydrogen (secondary N) is 1. The molecule has 2 aromatic rings. The number of likely N-dealkylation sites (tertiary alicyclic amines) is 1. The number of morpholine rings is 1. The van der Waals surface area contributed by atoms with E-state index in [-0.39, 0.29) is 11.3 Å². The monoisotopic (exact) mass is 411 g/mol. The zero-order chi connectivity index (χ0) is 21.3. The van der Waals surface area contributed by atoms with Crippen LogP contribution in [0.15, 0.2) is 30.1 Å². The van der Waals surface area contributed by atoms with Crippen molar-refractivity contribution in [2.75, 3.05) is 39.4 Å². The summed E-state index contributed by atoms with van der Waals surface area (Å²) in [5.41, 5.74) is 2.48. The summed E-state index contributed by atoms with van der Waals surface area (Å²) < 4.78 is 5.38. The number of aromatic amines is 1. The highest BCUT2D eigenvalue weighted by Gasteiger charge is 2.46. The van der Waals surface area contributed by atoms with Gasteiger partial charge in [-0.3, -0.25) is 24.6 Å². The summed E-state index contributed by atoms with van der Waals surface area (Å²) >= 11 is 0. The molecular formula is C21H25N5O4. The number of Topliss-reactive ketones (excluding diaryl/α,β-unsaturated/α-hetero) is 1. The Morgan fingerprint density at radius 2 is 1.90 bits per heavy atom. The van der Waals surface area contributed by atoms with E-state index in [4.69, 9.17) is 4.74 Å². The summed E-state index contributed by atoms with van der Waals surface area (Å²) in [5, 5.41) is 18.0. The first kappa shape index (κ1) is 20.2. The van der Waals surface area contributed by atoms with Crippen LogP contribution in [0.25, 0.3) is 5.76 Å². The molecule has 2 saturated heterocycles. The third-order valence-corrected chi connectivity index (χ3v) is 5.69. The van der Waals surface area contributed by atoms with Crippen LogP contribution in [-0.2, 0) is 14.3 Å². The SMILES string of the molecule is Cc1n[nH]c(C)c1C(O)=C1C(=O)C(=O)N(CCN2CCOCC2)[C@H]1c1ccncc1. The van der Waals surface area contributed by atoms with E-state index in [1.54, 1.807) is 43.3 Å². The third kappa shape index (κ3) is 3.61. The van der Waals surface area contributed by atoms with E-state index in [2.05, 4.69) is 20.1 Å². The first-order chi connectivity index (χ1) is 14.5. The van der Waals surface area contributed by atoms with Crippen LogP contribution in [0.3, 0.4) is 0 Å². The number of ether oxygens (including phenoxy) is 1. The molecular weight excluding hydrogens is 386 g/mol. The summed E-state index contributed by atoms with van der Waals surface area (Å²) in [5.74, 6) is -1.49. The predicted octanol–water partition coefficient (Wildman–Crippen LogP) is 1.18. The minimum atomic E-state index is -0.684. The number of rotatable bonds is 5. The number of carbonyl (C=O) groups is 2. The van der Waals surface area contributed by atoms with Gasteiger partial charge in [0.05, 0.1) is 36.1 Å². The lowest BCUT2D eigenvalue weighted by molar-refractivity contribution is -0.140. The molecule has 9 heteroatoms. The fourth-order valence-electron chi connectivity index (χ4n) is 4.11. The maximum atomic E-state index is 13.0. The van der Waals surface area contributed by atoms with Gasteiger partial charge in [0, 0.05) is 44.3 Å². The molecule has 1 atom stereocenters. The third-order valence-electron chi connectivity index (χ3n) is 5.69. The molecule has 2 fully saturated rings. The van der Waals surface area contributed by atoms with Crippen molar-refractivity contribution in [3.05, 3.63) is 52.6 Å². The Balaban J connectivity index is 1.74. The van der Waals surface area contributed by atoms with Gasteiger partial charge in [0.2, 0.25) is 0 Å². The van der Waals surface area contributed by atoms with Crippen molar-refractivity contribution in [2.24, 2.45) is 0 Å². The van der Waals surface area contributed by atoms with Gasteiger partial charge < -0.3 is 14.7 Å². The van der Waals surface area contributed by atoms with E-state index in [1.807, 2.05) is 0 Å². The Morgan fingerprint density at radius 3 is 2.53 bits per heavy atom. The second-order valence-corrected chi connectivity index (χ2v) is 7.54. The minimum Gasteiger partial charge on any atom is -0.507 e. The van der Waals surface area contributed by atoms with E-state index < -0.39 is 17.7 Å². The number of aliphatic hydroxyl groups excluding tert-OH is 1. The van der Waals surface area contributed by atoms with Gasteiger partial charge in [-0.25, -0.2) is 0 Å². The Labute approximate surface area is 174 Å². The number of amides is 1. The standard InChI is InChI=1S/C21H25N5O4/c1-13-16(14(2)24-23-13)19(27)17-18(15-3-5-22-6-4-15)26(21(29)20(17)28)8-7-25-9-11-30-12-10-25/h3-6,18,27H,7-12H2,1-2H3,(H,23,24)/t18-/m0/s1. The number of hydrogen-bond acceptors (Lipinski definition) is 7. The Kier molecular flexibility index (Phi) is 5.65. The summed E-state index contributed by atoms with van der Waals surface area (Å²) in [6, 6.07) is 2.85. The molecule has 4 heterocycles. The molecule has 4 rings (SSSR count). The van der Waals surface area contributed by atoms with E-state index in [1.165, 1.54) is 0 Å². The van der Waals surface area contributed by atoms with Gasteiger partial charge in [0.25, 0.3) is 11.7 Å². The minimum absolute atomic E-state index is 0.0841. The molecule has 158 valence electrons. The van der Waals surface area contributed by atoms with Crippen molar-refractivity contribution in [3.63, 3.8) is 0 Å². The van der Waals surface area contributed by atoms with Gasteiger partial charge in [0.15, 0.2) is 0 Å². The predicted molar refractivity (Wildman–Crippen MR) is 109 cm³/mol. The highest BCUT2D eigenvalue weighted by molar-refractivity contribution is 6.46. The fourth-order valence-corrected chi connectivity index (χ4v) is 4.11. The molecule has 1 amide bonds. The van der Waals surface area contributed by atoms with Gasteiger partial charge in [-0.2, -0.15) is 5.10 Å². The van der Waals surface area contributed by atoms with Crippen molar-refractivity contribution in [1.29, 1.82) is 0 Å². The lowest BCUT2D eigenvalue weighted by Gasteiger charge is -2.30. The molecule has 30 heavy (non-hydrogen) atoms. The number of hydrogen-bond donors (Lipinski definition) is 2. The van der Waals surface area contributed by atoms with Crippen LogP contribution in [-0.4, -0.2) is 81.2 Å². The first-order valence-electron chi connectivity index (χ1n) is 9.99. The highest BCUT2D eigenvalue weighted by Crippen LogP contribution is 2.39. The number of aromatic nitrogens is 3. The van der Waals surface area contributed by atoms with Crippen molar-refractivity contribution >= 4 is 17.4 Å². The summed E-state index contributed by atoms with van der Waals surface area (Å²) in [4.78, 5) is 33.8. The molecule has 0 bridgehead atoms. The average Bonchev–Trinajstić information content (AvgIpc) is 3.23. The average molecular weight is 411 g/mol. The van der Waals surface area contributed by atoms with Crippen LogP contribution in [0.2, 0.25) is 0 Å². The lowest BCUT2D eigenvalue weighted by atomic mass is 9.95. The zero-order valence-electron chi connectivity index (χ0n) is 17.1. The molecule has 0 radical (unpaired) electrons. The molecule has 2 aliphatic heterocycles. The molecule has 9 nitrogen and oxygen atoms in total. The normalized spacial score (nSPS) is 22.1. The van der Waals surface area contributed by atoms with Crippen molar-refractivity contribution in [3.8, 4) is 0 Å². The molecule has 0 unspecified atom stereocenters. The number of pyridine rings is 1. The molecule has 0 aromatic carbocycles. The first-order valence-corrected chi connectivity index (χ1v) is 9.99. The van der Waals surface area contributed by atoms with Gasteiger partial charge in [0.1, 0.15) is 5.76 Å². The van der Waals surface area contributed by atoms with Crippen molar-refractivity contribution < 1.29 is 19.4 Å². The van der Waals surface area contributed by atoms with E-state index in [0.717, 1.165) is 18.7 Å². The van der Waals surface area contributed by atoms with E-state index >= 15 is 0 Å². The lowest BCUT2D eigenvalue weighted by Crippen LogP contribution is -2.42. The van der Waals surface area contributed by atoms with E-state index in [9.17, 15) is 14.7 Å². The van der Waals surface area contributed by atoms with Gasteiger partial charge in [-0.15, -0.1) is 0 Å². The number of nitrogens with zero attached hydrogens (tertiary/aromatic N) is 4. The fraction of sp³-hybridized carbons (Fsp3) is 0.429. The maximum absolute atomic E-state index is 13.0. The van der Waals surface area contributed by atoms with Crippen LogP contribution in [0, 0.1) is 13.8 Å².